The minimum atomic E-state index is -2.50. The predicted molar refractivity (Wildman–Crippen MR) is 66.5 cm³/mol. The van der Waals surface area contributed by atoms with Crippen LogP contribution in [-0.4, -0.2) is 22.0 Å². The Morgan fingerprint density at radius 1 is 1.61 bits per heavy atom. The smallest absolute Gasteiger partial charge is 0.248 e. The van der Waals surface area contributed by atoms with E-state index in [0.717, 1.165) is 18.8 Å². The molecule has 2 rings (SSSR count). The minimum Gasteiger partial charge on any atom is -0.337 e. The molecule has 5 heteroatoms. The number of rotatable bonds is 5. The van der Waals surface area contributed by atoms with Gasteiger partial charge in [0.2, 0.25) is 5.92 Å². The van der Waals surface area contributed by atoms with Gasteiger partial charge in [0.1, 0.15) is 5.82 Å². The maximum atomic E-state index is 13.4. The second-order valence-corrected chi connectivity index (χ2v) is 5.19. The molecule has 102 valence electrons. The maximum absolute atomic E-state index is 13.4. The molecule has 1 fully saturated rings. The number of nitrogens with one attached hydrogen (secondary N) is 1. The molecule has 1 heterocycles. The van der Waals surface area contributed by atoms with Crippen LogP contribution < -0.4 is 5.32 Å². The molecule has 0 spiro atoms. The third-order valence-corrected chi connectivity index (χ3v) is 3.66. The Labute approximate surface area is 107 Å². The highest BCUT2D eigenvalue weighted by atomic mass is 19.3. The topological polar surface area (TPSA) is 29.9 Å². The van der Waals surface area contributed by atoms with Crippen LogP contribution in [0.1, 0.15) is 44.5 Å². The van der Waals surface area contributed by atoms with Crippen LogP contribution >= 0.6 is 0 Å². The lowest BCUT2D eigenvalue weighted by Crippen LogP contribution is -2.31. The van der Waals surface area contributed by atoms with Crippen molar-refractivity contribution in [2.75, 3.05) is 6.54 Å². The highest BCUT2D eigenvalue weighted by Gasteiger charge is 2.43. The van der Waals surface area contributed by atoms with E-state index in [2.05, 4.69) is 17.2 Å². The van der Waals surface area contributed by atoms with Crippen molar-refractivity contribution in [3.8, 4) is 0 Å². The Bertz CT molecular complexity index is 389. The quantitative estimate of drug-likeness (QED) is 0.879. The summed E-state index contributed by atoms with van der Waals surface area (Å²) in [5, 5.41) is 3.38. The van der Waals surface area contributed by atoms with Crippen LogP contribution in [0.25, 0.3) is 0 Å². The van der Waals surface area contributed by atoms with Gasteiger partial charge >= 0.3 is 0 Å². The van der Waals surface area contributed by atoms with Gasteiger partial charge in [-0.3, -0.25) is 0 Å². The van der Waals surface area contributed by atoms with Crippen molar-refractivity contribution in [2.24, 2.45) is 13.0 Å². The molecule has 1 aliphatic rings. The Hall–Kier alpha value is -0.970. The zero-order valence-electron chi connectivity index (χ0n) is 11.0. The number of nitrogens with zero attached hydrogens (tertiary/aromatic N) is 2. The average molecular weight is 257 g/mol. The zero-order valence-corrected chi connectivity index (χ0v) is 11.0. The molecule has 3 nitrogen and oxygen atoms in total. The number of aromatic nitrogens is 2. The first-order valence-electron chi connectivity index (χ1n) is 6.62. The van der Waals surface area contributed by atoms with Crippen molar-refractivity contribution in [1.29, 1.82) is 0 Å². The van der Waals surface area contributed by atoms with Crippen molar-refractivity contribution in [1.82, 2.24) is 14.9 Å². The Morgan fingerprint density at radius 2 is 2.39 bits per heavy atom. The molecule has 0 aromatic carbocycles. The Morgan fingerprint density at radius 3 is 2.89 bits per heavy atom. The summed E-state index contributed by atoms with van der Waals surface area (Å²) in [6, 6.07) is -0.0571. The fourth-order valence-corrected chi connectivity index (χ4v) is 2.71. The first kappa shape index (κ1) is 13.5. The highest BCUT2D eigenvalue weighted by Crippen LogP contribution is 2.44. The highest BCUT2D eigenvalue weighted by molar-refractivity contribution is 5.03. The number of halogens is 2. The van der Waals surface area contributed by atoms with Crippen LogP contribution in [0.2, 0.25) is 0 Å². The van der Waals surface area contributed by atoms with Gasteiger partial charge in [-0.25, -0.2) is 13.8 Å². The van der Waals surface area contributed by atoms with E-state index in [0.29, 0.717) is 6.42 Å². The monoisotopic (exact) mass is 257 g/mol. The van der Waals surface area contributed by atoms with E-state index in [9.17, 15) is 8.78 Å². The van der Waals surface area contributed by atoms with Crippen LogP contribution in [-0.2, 0) is 7.05 Å². The maximum Gasteiger partial charge on any atom is 0.248 e. The molecule has 0 saturated heterocycles. The van der Waals surface area contributed by atoms with Gasteiger partial charge in [-0.1, -0.05) is 6.92 Å². The summed E-state index contributed by atoms with van der Waals surface area (Å²) < 4.78 is 28.6. The summed E-state index contributed by atoms with van der Waals surface area (Å²) in [6.45, 7) is 2.91. The van der Waals surface area contributed by atoms with Gasteiger partial charge in [0.05, 0.1) is 6.04 Å². The van der Waals surface area contributed by atoms with E-state index < -0.39 is 5.92 Å². The summed E-state index contributed by atoms with van der Waals surface area (Å²) in [5.41, 5.74) is 0. The molecule has 1 aromatic heterocycles. The van der Waals surface area contributed by atoms with Gasteiger partial charge in [0.15, 0.2) is 0 Å². The normalized spacial score (nSPS) is 24.3. The van der Waals surface area contributed by atoms with Gasteiger partial charge < -0.3 is 9.88 Å². The van der Waals surface area contributed by atoms with Crippen molar-refractivity contribution in [3.63, 3.8) is 0 Å². The summed E-state index contributed by atoms with van der Waals surface area (Å²) >= 11 is 0. The Balaban J connectivity index is 2.13. The summed E-state index contributed by atoms with van der Waals surface area (Å²) in [6.07, 6.45) is 5.13. The first-order chi connectivity index (χ1) is 8.53. The summed E-state index contributed by atoms with van der Waals surface area (Å²) in [4.78, 5) is 4.32. The molecule has 0 bridgehead atoms. The van der Waals surface area contributed by atoms with Crippen molar-refractivity contribution < 1.29 is 8.78 Å². The lowest BCUT2D eigenvalue weighted by Gasteiger charge is -2.24. The molecule has 0 aliphatic heterocycles. The third kappa shape index (κ3) is 2.88. The fourth-order valence-electron chi connectivity index (χ4n) is 2.71. The number of hydrogen-bond acceptors (Lipinski definition) is 2. The standard InChI is InChI=1S/C13H21F2N3/c1-3-6-16-11(12-17-7-8-18(12)2)10-4-5-13(14,15)9-10/h7-8,10-11,16H,3-6,9H2,1-2H3. The largest absolute Gasteiger partial charge is 0.337 e. The molecule has 2 unspecified atom stereocenters. The van der Waals surface area contributed by atoms with Gasteiger partial charge in [0.25, 0.3) is 0 Å². The number of aryl methyl sites for hydroxylation is 1. The Kier molecular flexibility index (Phi) is 4.00. The molecule has 18 heavy (non-hydrogen) atoms. The predicted octanol–water partition coefficient (Wildman–Crippen LogP) is 2.90. The first-order valence-corrected chi connectivity index (χ1v) is 6.62. The lowest BCUT2D eigenvalue weighted by molar-refractivity contribution is 0.00307. The van der Waals surface area contributed by atoms with E-state index in [1.165, 1.54) is 0 Å². The van der Waals surface area contributed by atoms with Crippen molar-refractivity contribution in [2.45, 2.75) is 44.6 Å². The molecular weight excluding hydrogens is 236 g/mol. The van der Waals surface area contributed by atoms with Crippen LogP contribution in [0, 0.1) is 5.92 Å². The van der Waals surface area contributed by atoms with E-state index in [1.807, 2.05) is 17.8 Å². The van der Waals surface area contributed by atoms with Crippen LogP contribution in [0.4, 0.5) is 8.78 Å². The summed E-state index contributed by atoms with van der Waals surface area (Å²) in [5.74, 6) is -1.65. The van der Waals surface area contributed by atoms with Crippen LogP contribution in [0.5, 0.6) is 0 Å². The van der Waals surface area contributed by atoms with E-state index >= 15 is 0 Å². The van der Waals surface area contributed by atoms with Gasteiger partial charge in [0, 0.05) is 32.3 Å². The van der Waals surface area contributed by atoms with E-state index in [1.54, 1.807) is 6.20 Å². The van der Waals surface area contributed by atoms with Gasteiger partial charge in [-0.2, -0.15) is 0 Å². The molecule has 2 atom stereocenters. The third-order valence-electron chi connectivity index (χ3n) is 3.66. The molecule has 0 radical (unpaired) electrons. The fraction of sp³-hybridized carbons (Fsp3) is 0.769. The number of hydrogen-bond donors (Lipinski definition) is 1. The number of imidazole rings is 1. The molecule has 1 N–H and O–H groups in total. The molecule has 1 aromatic rings. The van der Waals surface area contributed by atoms with Gasteiger partial charge in [-0.15, -0.1) is 0 Å². The van der Waals surface area contributed by atoms with Crippen molar-refractivity contribution in [3.05, 3.63) is 18.2 Å². The number of alkyl halides is 2. The summed E-state index contributed by atoms with van der Waals surface area (Å²) in [7, 11) is 1.91. The molecular formula is C13H21F2N3. The zero-order chi connectivity index (χ0) is 13.2. The SMILES string of the molecule is CCCNC(c1nccn1C)C1CCC(F)(F)C1. The molecule has 1 aliphatic carbocycles. The molecule has 1 saturated carbocycles. The minimum absolute atomic E-state index is 0.00634. The second kappa shape index (κ2) is 5.34. The molecule has 0 amide bonds. The van der Waals surface area contributed by atoms with E-state index in [-0.39, 0.29) is 24.8 Å². The van der Waals surface area contributed by atoms with Crippen LogP contribution in [0.3, 0.4) is 0 Å². The second-order valence-electron chi connectivity index (χ2n) is 5.19. The average Bonchev–Trinajstić information content (AvgIpc) is 2.87. The van der Waals surface area contributed by atoms with Gasteiger partial charge in [-0.05, 0) is 25.3 Å². The van der Waals surface area contributed by atoms with Crippen LogP contribution in [0.15, 0.2) is 12.4 Å². The lowest BCUT2D eigenvalue weighted by atomic mass is 9.97. The van der Waals surface area contributed by atoms with Crippen molar-refractivity contribution >= 4 is 0 Å². The van der Waals surface area contributed by atoms with E-state index in [4.69, 9.17) is 0 Å².